The van der Waals surface area contributed by atoms with Gasteiger partial charge in [0.1, 0.15) is 11.9 Å². The maximum absolute atomic E-state index is 9.68. The largest absolute Gasteiger partial charge is 0.504 e. The highest BCUT2D eigenvalue weighted by molar-refractivity contribution is 9.10. The molecule has 1 aliphatic heterocycles. The van der Waals surface area contributed by atoms with Crippen molar-refractivity contribution in [3.05, 3.63) is 52.0 Å². The first-order valence-corrected chi connectivity index (χ1v) is 7.22. The Morgan fingerprint density at radius 3 is 2.75 bits per heavy atom. The molecule has 1 N–H and O–H groups in total. The summed E-state index contributed by atoms with van der Waals surface area (Å²) in [6, 6.07) is 11.4. The SMILES string of the molecule is COc1cc([C@@H]2Oc3ccc(Br)cc3[C@H]2C)ccc1O. The van der Waals surface area contributed by atoms with Gasteiger partial charge in [-0.15, -0.1) is 0 Å². The molecule has 0 unspecified atom stereocenters. The molecule has 0 bridgehead atoms. The third kappa shape index (κ3) is 2.14. The quantitative estimate of drug-likeness (QED) is 0.884. The second-order valence-electron chi connectivity index (χ2n) is 4.94. The Hall–Kier alpha value is -1.68. The van der Waals surface area contributed by atoms with Crippen LogP contribution in [0.3, 0.4) is 0 Å². The van der Waals surface area contributed by atoms with E-state index in [1.165, 1.54) is 5.56 Å². The van der Waals surface area contributed by atoms with Crippen LogP contribution >= 0.6 is 15.9 Å². The molecule has 20 heavy (non-hydrogen) atoms. The molecule has 1 aliphatic rings. The van der Waals surface area contributed by atoms with Crippen molar-refractivity contribution in [1.29, 1.82) is 0 Å². The van der Waals surface area contributed by atoms with E-state index < -0.39 is 0 Å². The molecular weight excluding hydrogens is 320 g/mol. The molecule has 0 amide bonds. The molecule has 2 aromatic carbocycles. The Kier molecular flexibility index (Phi) is 3.34. The van der Waals surface area contributed by atoms with E-state index in [0.29, 0.717) is 5.75 Å². The minimum Gasteiger partial charge on any atom is -0.504 e. The second-order valence-corrected chi connectivity index (χ2v) is 5.86. The highest BCUT2D eigenvalue weighted by Gasteiger charge is 2.32. The van der Waals surface area contributed by atoms with E-state index in [-0.39, 0.29) is 17.8 Å². The molecular formula is C16H15BrO3. The molecule has 1 heterocycles. The Bertz CT molecular complexity index is 654. The lowest BCUT2D eigenvalue weighted by Gasteiger charge is -2.17. The molecule has 3 rings (SSSR count). The highest BCUT2D eigenvalue weighted by atomic mass is 79.9. The average Bonchev–Trinajstić information content (AvgIpc) is 2.77. The van der Waals surface area contributed by atoms with E-state index in [4.69, 9.17) is 9.47 Å². The summed E-state index contributed by atoms with van der Waals surface area (Å²) in [6.45, 7) is 2.14. The van der Waals surface area contributed by atoms with Gasteiger partial charge in [0, 0.05) is 16.0 Å². The number of fused-ring (bicyclic) bond motifs is 1. The van der Waals surface area contributed by atoms with Gasteiger partial charge in [-0.25, -0.2) is 0 Å². The number of methoxy groups -OCH3 is 1. The number of rotatable bonds is 2. The lowest BCUT2D eigenvalue weighted by Crippen LogP contribution is -2.07. The average molecular weight is 335 g/mol. The third-order valence-electron chi connectivity index (χ3n) is 3.70. The Balaban J connectivity index is 1.97. The Morgan fingerprint density at radius 1 is 1.20 bits per heavy atom. The van der Waals surface area contributed by atoms with Crippen molar-refractivity contribution in [3.63, 3.8) is 0 Å². The van der Waals surface area contributed by atoms with Crippen LogP contribution in [0.1, 0.15) is 30.1 Å². The molecule has 0 saturated heterocycles. The van der Waals surface area contributed by atoms with Gasteiger partial charge in [-0.05, 0) is 35.9 Å². The molecule has 0 aliphatic carbocycles. The lowest BCUT2D eigenvalue weighted by atomic mass is 9.93. The lowest BCUT2D eigenvalue weighted by molar-refractivity contribution is 0.215. The van der Waals surface area contributed by atoms with Crippen molar-refractivity contribution in [1.82, 2.24) is 0 Å². The van der Waals surface area contributed by atoms with E-state index in [9.17, 15) is 5.11 Å². The van der Waals surface area contributed by atoms with Gasteiger partial charge in [0.05, 0.1) is 7.11 Å². The van der Waals surface area contributed by atoms with Crippen LogP contribution in [-0.2, 0) is 0 Å². The minimum atomic E-state index is -0.0613. The van der Waals surface area contributed by atoms with Crippen molar-refractivity contribution in [3.8, 4) is 17.2 Å². The van der Waals surface area contributed by atoms with Gasteiger partial charge >= 0.3 is 0 Å². The van der Waals surface area contributed by atoms with E-state index >= 15 is 0 Å². The standard InChI is InChI=1S/C16H15BrO3/c1-9-12-8-11(17)4-6-14(12)20-16(9)10-3-5-13(18)15(7-10)19-2/h3-9,16,18H,1-2H3/t9-,16-/m1/s1. The first-order chi connectivity index (χ1) is 9.60. The van der Waals surface area contributed by atoms with Crippen LogP contribution in [0.5, 0.6) is 17.2 Å². The monoisotopic (exact) mass is 334 g/mol. The van der Waals surface area contributed by atoms with E-state index in [2.05, 4.69) is 28.9 Å². The normalized spacial score (nSPS) is 20.4. The third-order valence-corrected chi connectivity index (χ3v) is 4.20. The number of hydrogen-bond donors (Lipinski definition) is 1. The molecule has 4 heteroatoms. The fourth-order valence-electron chi connectivity index (χ4n) is 2.61. The molecule has 0 saturated carbocycles. The van der Waals surface area contributed by atoms with Crippen molar-refractivity contribution >= 4 is 15.9 Å². The smallest absolute Gasteiger partial charge is 0.160 e. The summed E-state index contributed by atoms with van der Waals surface area (Å²) in [5.74, 6) is 1.77. The zero-order valence-electron chi connectivity index (χ0n) is 11.3. The number of phenols is 1. The van der Waals surface area contributed by atoms with Crippen LogP contribution in [0.25, 0.3) is 0 Å². The maximum Gasteiger partial charge on any atom is 0.160 e. The summed E-state index contributed by atoms with van der Waals surface area (Å²) in [6.07, 6.45) is -0.0613. The van der Waals surface area contributed by atoms with Gasteiger partial charge in [-0.1, -0.05) is 28.9 Å². The molecule has 0 fully saturated rings. The van der Waals surface area contributed by atoms with Gasteiger partial charge in [0.2, 0.25) is 0 Å². The van der Waals surface area contributed by atoms with Crippen LogP contribution < -0.4 is 9.47 Å². The summed E-state index contributed by atoms with van der Waals surface area (Å²) >= 11 is 3.49. The van der Waals surface area contributed by atoms with Gasteiger partial charge in [0.15, 0.2) is 11.5 Å². The number of hydrogen-bond acceptors (Lipinski definition) is 3. The number of halogens is 1. The Morgan fingerprint density at radius 2 is 2.00 bits per heavy atom. The topological polar surface area (TPSA) is 38.7 Å². The number of phenolic OH excluding ortho intramolecular Hbond substituents is 1. The summed E-state index contributed by atoms with van der Waals surface area (Å²) in [5, 5.41) is 9.68. The molecule has 3 nitrogen and oxygen atoms in total. The minimum absolute atomic E-state index is 0.0613. The first-order valence-electron chi connectivity index (χ1n) is 6.43. The summed E-state index contributed by atoms with van der Waals surface area (Å²) in [7, 11) is 1.55. The highest BCUT2D eigenvalue weighted by Crippen LogP contribution is 2.47. The van der Waals surface area contributed by atoms with E-state index in [1.54, 1.807) is 13.2 Å². The molecule has 2 atom stereocenters. The van der Waals surface area contributed by atoms with Crippen LogP contribution in [0.2, 0.25) is 0 Å². The molecule has 0 aromatic heterocycles. The van der Waals surface area contributed by atoms with E-state index in [0.717, 1.165) is 15.8 Å². The van der Waals surface area contributed by atoms with Crippen LogP contribution in [0, 0.1) is 0 Å². The van der Waals surface area contributed by atoms with E-state index in [1.807, 2.05) is 24.3 Å². The van der Waals surface area contributed by atoms with Gasteiger partial charge < -0.3 is 14.6 Å². The molecule has 0 spiro atoms. The molecule has 2 aromatic rings. The summed E-state index contributed by atoms with van der Waals surface area (Å²) in [5.41, 5.74) is 2.19. The molecule has 104 valence electrons. The van der Waals surface area contributed by atoms with Crippen LogP contribution in [0.4, 0.5) is 0 Å². The number of aromatic hydroxyl groups is 1. The zero-order chi connectivity index (χ0) is 14.3. The van der Waals surface area contributed by atoms with Crippen molar-refractivity contribution in [2.24, 2.45) is 0 Å². The molecule has 0 radical (unpaired) electrons. The summed E-state index contributed by atoms with van der Waals surface area (Å²) in [4.78, 5) is 0. The fourth-order valence-corrected chi connectivity index (χ4v) is 2.99. The van der Waals surface area contributed by atoms with Gasteiger partial charge in [-0.2, -0.15) is 0 Å². The summed E-state index contributed by atoms with van der Waals surface area (Å²) < 4.78 is 12.3. The predicted molar refractivity (Wildman–Crippen MR) is 80.6 cm³/mol. The zero-order valence-corrected chi connectivity index (χ0v) is 12.8. The van der Waals surface area contributed by atoms with Gasteiger partial charge in [-0.3, -0.25) is 0 Å². The van der Waals surface area contributed by atoms with Crippen molar-refractivity contribution in [2.75, 3.05) is 7.11 Å². The van der Waals surface area contributed by atoms with Crippen LogP contribution in [0.15, 0.2) is 40.9 Å². The van der Waals surface area contributed by atoms with Crippen molar-refractivity contribution in [2.45, 2.75) is 18.9 Å². The maximum atomic E-state index is 9.68. The fraction of sp³-hybridized carbons (Fsp3) is 0.250. The van der Waals surface area contributed by atoms with Gasteiger partial charge in [0.25, 0.3) is 0 Å². The Labute approximate surface area is 126 Å². The predicted octanol–water partition coefficient (Wildman–Crippen LogP) is 4.40. The number of ether oxygens (including phenoxy) is 2. The first kappa shape index (κ1) is 13.3. The second kappa shape index (κ2) is 5.02. The van der Waals surface area contributed by atoms with Crippen LogP contribution in [-0.4, -0.2) is 12.2 Å². The van der Waals surface area contributed by atoms with Crippen molar-refractivity contribution < 1.29 is 14.6 Å². The number of benzene rings is 2.